The van der Waals surface area contributed by atoms with Gasteiger partial charge < -0.3 is 15.0 Å². The Morgan fingerprint density at radius 3 is 2.68 bits per heavy atom. The molecule has 5 heteroatoms. The van der Waals surface area contributed by atoms with Crippen LogP contribution in [0.1, 0.15) is 18.4 Å². The maximum Gasteiger partial charge on any atom is 0.227 e. The van der Waals surface area contributed by atoms with Crippen LogP contribution >= 0.6 is 0 Å². The molecule has 0 spiro atoms. The van der Waals surface area contributed by atoms with E-state index in [1.807, 2.05) is 0 Å². The van der Waals surface area contributed by atoms with Crippen LogP contribution in [0.15, 0.2) is 30.3 Å². The number of nitrogens with one attached hydrogen (secondary N) is 1. The molecule has 2 atom stereocenters. The van der Waals surface area contributed by atoms with Crippen molar-refractivity contribution in [3.8, 4) is 0 Å². The number of carbonyl (C=O) groups excluding carboxylic acids is 1. The van der Waals surface area contributed by atoms with Crippen molar-refractivity contribution in [3.63, 3.8) is 0 Å². The van der Waals surface area contributed by atoms with Gasteiger partial charge in [0.2, 0.25) is 5.91 Å². The van der Waals surface area contributed by atoms with E-state index in [1.165, 1.54) is 31.5 Å². The lowest BCUT2D eigenvalue weighted by atomic mass is 10.00. The zero-order chi connectivity index (χ0) is 17.1. The van der Waals surface area contributed by atoms with Crippen LogP contribution in [0.3, 0.4) is 0 Å². The Morgan fingerprint density at radius 1 is 1.08 bits per heavy atom. The lowest BCUT2D eigenvalue weighted by Gasteiger charge is -2.40. The summed E-state index contributed by atoms with van der Waals surface area (Å²) in [5.74, 6) is 0.189. The number of benzene rings is 1. The third-order valence-electron chi connectivity index (χ3n) is 5.90. The van der Waals surface area contributed by atoms with Gasteiger partial charge in [0.25, 0.3) is 0 Å². The normalized spacial score (nSPS) is 29.2. The lowest BCUT2D eigenvalue weighted by molar-refractivity contribution is -0.125. The first-order valence-corrected chi connectivity index (χ1v) is 9.66. The number of fused-ring (bicyclic) bond motifs is 3. The highest BCUT2D eigenvalue weighted by molar-refractivity contribution is 5.80. The highest BCUT2D eigenvalue weighted by atomic mass is 16.5. The van der Waals surface area contributed by atoms with Crippen molar-refractivity contribution in [1.82, 2.24) is 15.1 Å². The maximum absolute atomic E-state index is 12.2. The molecule has 0 saturated carbocycles. The third-order valence-corrected chi connectivity index (χ3v) is 5.90. The third kappa shape index (κ3) is 4.22. The molecule has 1 aromatic rings. The molecule has 0 radical (unpaired) electrons. The quantitative estimate of drug-likeness (QED) is 0.891. The van der Waals surface area contributed by atoms with Crippen molar-refractivity contribution in [3.05, 3.63) is 35.9 Å². The van der Waals surface area contributed by atoms with E-state index >= 15 is 0 Å². The Labute approximate surface area is 150 Å². The molecule has 3 fully saturated rings. The van der Waals surface area contributed by atoms with Crippen LogP contribution in [0.4, 0.5) is 0 Å². The van der Waals surface area contributed by atoms with Crippen molar-refractivity contribution in [2.45, 2.75) is 31.3 Å². The zero-order valence-corrected chi connectivity index (χ0v) is 14.9. The molecule has 25 heavy (non-hydrogen) atoms. The summed E-state index contributed by atoms with van der Waals surface area (Å²) >= 11 is 0. The Kier molecular flexibility index (Phi) is 5.34. The van der Waals surface area contributed by atoms with Gasteiger partial charge in [0.15, 0.2) is 0 Å². The molecule has 3 aliphatic heterocycles. The number of amides is 1. The predicted molar refractivity (Wildman–Crippen MR) is 97.4 cm³/mol. The summed E-state index contributed by atoms with van der Waals surface area (Å²) in [6, 6.07) is 11.5. The highest BCUT2D eigenvalue weighted by Crippen LogP contribution is 2.22. The van der Waals surface area contributed by atoms with Crippen LogP contribution in [0.2, 0.25) is 0 Å². The van der Waals surface area contributed by atoms with E-state index in [0.29, 0.717) is 19.3 Å². The van der Waals surface area contributed by atoms with E-state index in [9.17, 15) is 4.79 Å². The summed E-state index contributed by atoms with van der Waals surface area (Å²) in [6.07, 6.45) is 3.56. The smallest absolute Gasteiger partial charge is 0.227 e. The second-order valence-electron chi connectivity index (χ2n) is 7.70. The summed E-state index contributed by atoms with van der Waals surface area (Å²) in [6.45, 7) is 6.52. The SMILES string of the molecule is O=C1N[C@@H]2COC[C@H]1CN(C1CCN(CCc3ccccc3)CC1)C2. The molecule has 0 aliphatic carbocycles. The summed E-state index contributed by atoms with van der Waals surface area (Å²) in [7, 11) is 0. The predicted octanol–water partition coefficient (Wildman–Crippen LogP) is 1.14. The number of likely N-dealkylation sites (tertiary alicyclic amines) is 1. The second-order valence-corrected chi connectivity index (χ2v) is 7.70. The standard InChI is InChI=1S/C20H29N3O2/c24-20-17-12-23(13-18(21-20)15-25-14-17)19-7-10-22(11-8-19)9-6-16-4-2-1-3-5-16/h1-5,17-19H,6-15H2,(H,21,24)/t17-,18+/m1/s1. The first-order chi connectivity index (χ1) is 12.3. The molecule has 5 nitrogen and oxygen atoms in total. The number of carbonyl (C=O) groups is 1. The number of hydrogen-bond acceptors (Lipinski definition) is 4. The Morgan fingerprint density at radius 2 is 1.88 bits per heavy atom. The highest BCUT2D eigenvalue weighted by Gasteiger charge is 2.36. The number of piperidine rings is 1. The fraction of sp³-hybridized carbons (Fsp3) is 0.650. The topological polar surface area (TPSA) is 44.8 Å². The molecule has 136 valence electrons. The van der Waals surface area contributed by atoms with Crippen molar-refractivity contribution >= 4 is 5.91 Å². The van der Waals surface area contributed by atoms with Gasteiger partial charge in [-0.25, -0.2) is 0 Å². The van der Waals surface area contributed by atoms with E-state index in [4.69, 9.17) is 4.74 Å². The molecule has 0 aromatic heterocycles. The van der Waals surface area contributed by atoms with E-state index in [1.54, 1.807) is 0 Å². The molecule has 1 aromatic carbocycles. The summed E-state index contributed by atoms with van der Waals surface area (Å²) in [5, 5.41) is 3.14. The molecule has 1 N–H and O–H groups in total. The monoisotopic (exact) mass is 343 g/mol. The van der Waals surface area contributed by atoms with Crippen LogP contribution in [-0.4, -0.2) is 73.7 Å². The zero-order valence-electron chi connectivity index (χ0n) is 14.9. The first kappa shape index (κ1) is 17.0. The van der Waals surface area contributed by atoms with E-state index in [0.717, 1.165) is 26.1 Å². The Bertz CT molecular complexity index is 572. The van der Waals surface area contributed by atoms with E-state index in [-0.39, 0.29) is 17.9 Å². The van der Waals surface area contributed by atoms with E-state index in [2.05, 4.69) is 45.4 Å². The van der Waals surface area contributed by atoms with E-state index < -0.39 is 0 Å². The van der Waals surface area contributed by atoms with Crippen LogP contribution in [0.25, 0.3) is 0 Å². The van der Waals surface area contributed by atoms with Gasteiger partial charge in [0, 0.05) is 25.7 Å². The average molecular weight is 343 g/mol. The van der Waals surface area contributed by atoms with Crippen LogP contribution in [0.5, 0.6) is 0 Å². The van der Waals surface area contributed by atoms with Crippen molar-refractivity contribution in [2.24, 2.45) is 5.92 Å². The molecular weight excluding hydrogens is 314 g/mol. The van der Waals surface area contributed by atoms with Crippen LogP contribution in [0, 0.1) is 5.92 Å². The van der Waals surface area contributed by atoms with Crippen LogP contribution < -0.4 is 5.32 Å². The van der Waals surface area contributed by atoms with Gasteiger partial charge >= 0.3 is 0 Å². The number of hydrogen-bond donors (Lipinski definition) is 1. The van der Waals surface area contributed by atoms with Gasteiger partial charge in [-0.3, -0.25) is 9.69 Å². The van der Waals surface area contributed by atoms with Crippen molar-refractivity contribution < 1.29 is 9.53 Å². The van der Waals surface area contributed by atoms with Gasteiger partial charge in [-0.05, 0) is 37.9 Å². The van der Waals surface area contributed by atoms with Gasteiger partial charge in [-0.1, -0.05) is 30.3 Å². The second kappa shape index (κ2) is 7.85. The number of nitrogens with zero attached hydrogens (tertiary/aromatic N) is 2. The number of ether oxygens (including phenoxy) is 1. The minimum absolute atomic E-state index is 0.00334. The van der Waals surface area contributed by atoms with Crippen LogP contribution in [-0.2, 0) is 16.0 Å². The molecule has 3 aliphatic rings. The molecule has 1 amide bonds. The molecule has 0 unspecified atom stereocenters. The molecule has 4 rings (SSSR count). The Hall–Kier alpha value is -1.43. The van der Waals surface area contributed by atoms with Gasteiger partial charge in [0.1, 0.15) is 0 Å². The number of rotatable bonds is 4. The van der Waals surface area contributed by atoms with Crippen molar-refractivity contribution in [1.29, 1.82) is 0 Å². The molecule has 2 bridgehead atoms. The maximum atomic E-state index is 12.2. The lowest BCUT2D eigenvalue weighted by Crippen LogP contribution is -2.50. The largest absolute Gasteiger partial charge is 0.378 e. The molecule has 3 heterocycles. The van der Waals surface area contributed by atoms with Gasteiger partial charge in [0.05, 0.1) is 25.2 Å². The van der Waals surface area contributed by atoms with Crippen molar-refractivity contribution in [2.75, 3.05) is 45.9 Å². The fourth-order valence-electron chi connectivity index (χ4n) is 4.40. The summed E-state index contributed by atoms with van der Waals surface area (Å²) < 4.78 is 5.64. The molecular formula is C20H29N3O2. The molecule has 3 saturated heterocycles. The summed E-state index contributed by atoms with van der Waals surface area (Å²) in [4.78, 5) is 17.3. The first-order valence-electron chi connectivity index (χ1n) is 9.66. The van der Waals surface area contributed by atoms with Gasteiger partial charge in [-0.15, -0.1) is 0 Å². The van der Waals surface area contributed by atoms with Gasteiger partial charge in [-0.2, -0.15) is 0 Å². The summed E-state index contributed by atoms with van der Waals surface area (Å²) in [5.41, 5.74) is 1.43. The minimum Gasteiger partial charge on any atom is -0.378 e. The Balaban J connectivity index is 1.28. The average Bonchev–Trinajstić information content (AvgIpc) is 2.90. The minimum atomic E-state index is 0.00334. The fourth-order valence-corrected chi connectivity index (χ4v) is 4.40.